The molecule has 1 aromatic rings. The second-order valence-corrected chi connectivity index (χ2v) is 7.34. The Morgan fingerprint density at radius 1 is 0.963 bits per heavy atom. The summed E-state index contributed by atoms with van der Waals surface area (Å²) in [4.78, 5) is 50.4. The van der Waals surface area contributed by atoms with Crippen molar-refractivity contribution in [3.05, 3.63) is 35.9 Å². The first kappa shape index (κ1) is 20.6. The van der Waals surface area contributed by atoms with E-state index in [1.807, 2.05) is 13.0 Å². The van der Waals surface area contributed by atoms with Crippen molar-refractivity contribution in [2.45, 2.75) is 52.6 Å². The van der Waals surface area contributed by atoms with Crippen LogP contribution in [0.4, 0.5) is 4.79 Å². The predicted octanol–water partition coefficient (Wildman–Crippen LogP) is 2.31. The van der Waals surface area contributed by atoms with Crippen LogP contribution in [0.25, 0.3) is 0 Å². The van der Waals surface area contributed by atoms with E-state index in [1.165, 1.54) is 0 Å². The Labute approximate surface area is 159 Å². The summed E-state index contributed by atoms with van der Waals surface area (Å²) >= 11 is 0. The lowest BCUT2D eigenvalue weighted by molar-refractivity contribution is -0.144. The molecule has 0 saturated carbocycles. The van der Waals surface area contributed by atoms with Gasteiger partial charge in [0, 0.05) is 6.04 Å². The summed E-state index contributed by atoms with van der Waals surface area (Å²) in [5.41, 5.74) is 0.733. The van der Waals surface area contributed by atoms with Crippen LogP contribution in [0.1, 0.15) is 45.6 Å². The number of hydrogen-bond acceptors (Lipinski definition) is 4. The van der Waals surface area contributed by atoms with Crippen LogP contribution in [0, 0.1) is 5.92 Å². The Morgan fingerprint density at radius 2 is 1.59 bits per heavy atom. The molecule has 1 heterocycles. The van der Waals surface area contributed by atoms with E-state index in [0.29, 0.717) is 10.8 Å². The second kappa shape index (κ2) is 9.30. The van der Waals surface area contributed by atoms with Gasteiger partial charge in [0.05, 0.1) is 6.54 Å². The van der Waals surface area contributed by atoms with Crippen molar-refractivity contribution in [2.24, 2.45) is 5.92 Å². The van der Waals surface area contributed by atoms with Gasteiger partial charge in [-0.1, -0.05) is 57.0 Å². The van der Waals surface area contributed by atoms with E-state index >= 15 is 0 Å². The Morgan fingerprint density at radius 3 is 2.22 bits per heavy atom. The van der Waals surface area contributed by atoms with Crippen molar-refractivity contribution < 1.29 is 19.2 Å². The fraction of sp³-hybridized carbons (Fsp3) is 0.500. The minimum Gasteiger partial charge on any atom is -0.352 e. The summed E-state index contributed by atoms with van der Waals surface area (Å²) in [5.74, 6) is -1.70. The molecule has 0 radical (unpaired) electrons. The monoisotopic (exact) mass is 373 g/mol. The van der Waals surface area contributed by atoms with Crippen LogP contribution in [0.15, 0.2) is 30.3 Å². The number of amides is 5. The smallest absolute Gasteiger partial charge is 0.335 e. The van der Waals surface area contributed by atoms with E-state index in [4.69, 9.17) is 0 Å². The highest BCUT2D eigenvalue weighted by molar-refractivity contribution is 6.44. The second-order valence-electron chi connectivity index (χ2n) is 7.34. The van der Waals surface area contributed by atoms with E-state index in [9.17, 15) is 19.2 Å². The van der Waals surface area contributed by atoms with Gasteiger partial charge in [0.2, 0.25) is 5.91 Å². The van der Waals surface area contributed by atoms with Crippen molar-refractivity contribution in [3.8, 4) is 0 Å². The van der Waals surface area contributed by atoms with Gasteiger partial charge >= 0.3 is 17.8 Å². The van der Waals surface area contributed by atoms with Crippen molar-refractivity contribution in [2.75, 3.05) is 6.54 Å². The van der Waals surface area contributed by atoms with Gasteiger partial charge in [0.25, 0.3) is 0 Å². The third-order valence-corrected chi connectivity index (χ3v) is 4.45. The lowest BCUT2D eigenvalue weighted by Crippen LogP contribution is -2.44. The molecule has 1 saturated heterocycles. The van der Waals surface area contributed by atoms with E-state index in [0.717, 1.165) is 29.7 Å². The standard InChI is InChI=1S/C20H27N3O4/c1-14(2)8-7-9-15(3)21-17(24)13-23-19(26)18(25)22(20(23)27)12-16-10-5-4-6-11-16/h4-6,10-11,14-15H,7-9,12-13H2,1-3H3,(H,21,24)/t15-/m1/s1. The van der Waals surface area contributed by atoms with Crippen LogP contribution in [0.3, 0.4) is 0 Å². The fourth-order valence-electron chi connectivity index (χ4n) is 2.96. The molecule has 146 valence electrons. The molecule has 1 N–H and O–H groups in total. The number of nitrogens with zero attached hydrogens (tertiary/aromatic N) is 2. The molecule has 7 nitrogen and oxygen atoms in total. The summed E-state index contributed by atoms with van der Waals surface area (Å²) in [6.07, 6.45) is 2.89. The molecule has 1 aromatic carbocycles. The first-order valence-electron chi connectivity index (χ1n) is 9.30. The zero-order chi connectivity index (χ0) is 20.0. The van der Waals surface area contributed by atoms with Crippen LogP contribution >= 0.6 is 0 Å². The maximum Gasteiger partial charge on any atom is 0.335 e. The number of urea groups is 1. The van der Waals surface area contributed by atoms with Crippen molar-refractivity contribution in [1.29, 1.82) is 0 Å². The SMILES string of the molecule is CC(C)CCC[C@@H](C)NC(=O)CN1C(=O)C(=O)N(Cc2ccccc2)C1=O. The number of carbonyl (C=O) groups is 4. The Kier molecular flexibility index (Phi) is 7.10. The highest BCUT2D eigenvalue weighted by Gasteiger charge is 2.45. The van der Waals surface area contributed by atoms with E-state index < -0.39 is 30.3 Å². The molecule has 7 heteroatoms. The average molecular weight is 373 g/mol. The van der Waals surface area contributed by atoms with E-state index in [1.54, 1.807) is 24.3 Å². The topological polar surface area (TPSA) is 86.8 Å². The molecule has 0 aromatic heterocycles. The van der Waals surface area contributed by atoms with Gasteiger partial charge < -0.3 is 5.32 Å². The number of hydrogen-bond donors (Lipinski definition) is 1. The van der Waals surface area contributed by atoms with E-state index in [2.05, 4.69) is 19.2 Å². The van der Waals surface area contributed by atoms with Crippen LogP contribution in [0.5, 0.6) is 0 Å². The highest BCUT2D eigenvalue weighted by atomic mass is 16.2. The molecule has 27 heavy (non-hydrogen) atoms. The largest absolute Gasteiger partial charge is 0.352 e. The molecule has 2 rings (SSSR count). The van der Waals surface area contributed by atoms with Crippen LogP contribution in [0.2, 0.25) is 0 Å². The Bertz CT molecular complexity index is 702. The third-order valence-electron chi connectivity index (χ3n) is 4.45. The number of carbonyl (C=O) groups excluding carboxylic acids is 4. The quantitative estimate of drug-likeness (QED) is 0.532. The Hall–Kier alpha value is -2.70. The normalized spacial score (nSPS) is 15.6. The zero-order valence-corrected chi connectivity index (χ0v) is 16.1. The van der Waals surface area contributed by atoms with Crippen molar-refractivity contribution in [3.63, 3.8) is 0 Å². The first-order valence-corrected chi connectivity index (χ1v) is 9.30. The predicted molar refractivity (Wildman–Crippen MR) is 100 cm³/mol. The lowest BCUT2D eigenvalue weighted by Gasteiger charge is -2.18. The van der Waals surface area contributed by atoms with Gasteiger partial charge in [-0.3, -0.25) is 19.3 Å². The maximum absolute atomic E-state index is 12.4. The summed E-state index contributed by atoms with van der Waals surface area (Å²) < 4.78 is 0. The number of rotatable bonds is 9. The van der Waals surface area contributed by atoms with Gasteiger partial charge in [-0.2, -0.15) is 0 Å². The van der Waals surface area contributed by atoms with Crippen molar-refractivity contribution in [1.82, 2.24) is 15.1 Å². The lowest BCUT2D eigenvalue weighted by atomic mass is 10.0. The van der Waals surface area contributed by atoms with E-state index in [-0.39, 0.29) is 12.6 Å². The van der Waals surface area contributed by atoms with Gasteiger partial charge in [-0.25, -0.2) is 9.69 Å². The maximum atomic E-state index is 12.4. The minimum atomic E-state index is -0.960. The average Bonchev–Trinajstić information content (AvgIpc) is 2.80. The molecule has 1 aliphatic rings. The molecule has 0 bridgehead atoms. The van der Waals surface area contributed by atoms with Gasteiger partial charge in [-0.15, -0.1) is 0 Å². The summed E-state index contributed by atoms with van der Waals surface area (Å²) in [7, 11) is 0. The molecule has 0 unspecified atom stereocenters. The summed E-state index contributed by atoms with van der Waals surface area (Å²) in [6.45, 7) is 5.74. The molecule has 1 aliphatic heterocycles. The molecule has 1 fully saturated rings. The molecule has 1 atom stereocenters. The van der Waals surface area contributed by atoms with Crippen LogP contribution in [-0.2, 0) is 20.9 Å². The highest BCUT2D eigenvalue weighted by Crippen LogP contribution is 2.16. The van der Waals surface area contributed by atoms with Gasteiger partial charge in [0.15, 0.2) is 0 Å². The minimum absolute atomic E-state index is 0.00791. The number of benzene rings is 1. The summed E-state index contributed by atoms with van der Waals surface area (Å²) in [6, 6.07) is 8.11. The zero-order valence-electron chi connectivity index (χ0n) is 16.1. The summed E-state index contributed by atoms with van der Waals surface area (Å²) in [5, 5.41) is 2.79. The number of nitrogens with one attached hydrogen (secondary N) is 1. The Balaban J connectivity index is 1.90. The van der Waals surface area contributed by atoms with Gasteiger partial charge in [0.1, 0.15) is 6.54 Å². The first-order chi connectivity index (χ1) is 12.8. The fourth-order valence-corrected chi connectivity index (χ4v) is 2.96. The molecular weight excluding hydrogens is 346 g/mol. The van der Waals surface area contributed by atoms with Gasteiger partial charge in [-0.05, 0) is 24.8 Å². The molecular formula is C20H27N3O4. The molecule has 0 aliphatic carbocycles. The molecule has 5 amide bonds. The van der Waals surface area contributed by atoms with Crippen molar-refractivity contribution >= 4 is 23.8 Å². The third kappa shape index (κ3) is 5.64. The van der Waals surface area contributed by atoms with Crippen LogP contribution in [-0.4, -0.2) is 46.1 Å². The molecule has 0 spiro atoms. The number of imide groups is 2. The van der Waals surface area contributed by atoms with Crippen LogP contribution < -0.4 is 5.32 Å².